The van der Waals surface area contributed by atoms with Crippen LogP contribution < -0.4 is 4.74 Å². The summed E-state index contributed by atoms with van der Waals surface area (Å²) in [5.74, 6) is -0.262. The van der Waals surface area contributed by atoms with Gasteiger partial charge in [0.1, 0.15) is 5.75 Å². The maximum atomic E-state index is 12.5. The first-order valence-corrected chi connectivity index (χ1v) is 4.75. The number of benzene rings is 1. The van der Waals surface area contributed by atoms with Gasteiger partial charge >= 0.3 is 6.18 Å². The zero-order valence-electron chi connectivity index (χ0n) is 8.68. The number of alkyl halides is 3. The molecule has 0 aliphatic carbocycles. The molecule has 0 radical (unpaired) electrons. The van der Waals surface area contributed by atoms with Crippen LogP contribution in [0.4, 0.5) is 13.2 Å². The van der Waals surface area contributed by atoms with Crippen LogP contribution in [0.3, 0.4) is 0 Å². The average molecular weight is 269 g/mol. The summed E-state index contributed by atoms with van der Waals surface area (Å²) in [6, 6.07) is 1.37. The third kappa shape index (κ3) is 3.34. The molecule has 1 aromatic rings. The number of rotatable bonds is 4. The predicted octanol–water partition coefficient (Wildman–Crippen LogP) is 3.15. The first-order chi connectivity index (χ1) is 7.90. The Hall–Kier alpha value is -1.27. The lowest BCUT2D eigenvalue weighted by atomic mass is 10.1. The minimum absolute atomic E-state index is 0.142. The van der Waals surface area contributed by atoms with Gasteiger partial charge in [-0.3, -0.25) is 4.79 Å². The first-order valence-electron chi connectivity index (χ1n) is 4.37. The lowest BCUT2D eigenvalue weighted by Gasteiger charge is -2.13. The minimum Gasteiger partial charge on any atom is -0.467 e. The molecule has 1 aromatic carbocycles. The molecule has 0 fully saturated rings. The Morgan fingerprint density at radius 1 is 1.41 bits per heavy atom. The lowest BCUT2D eigenvalue weighted by molar-refractivity contribution is -0.137. The van der Waals surface area contributed by atoms with Crippen LogP contribution in [0.1, 0.15) is 15.9 Å². The van der Waals surface area contributed by atoms with Gasteiger partial charge in [0.25, 0.3) is 0 Å². The Balaban J connectivity index is 3.23. The van der Waals surface area contributed by atoms with Gasteiger partial charge in [0.15, 0.2) is 13.1 Å². The van der Waals surface area contributed by atoms with E-state index in [0.29, 0.717) is 18.4 Å². The van der Waals surface area contributed by atoms with E-state index in [1.807, 2.05) is 0 Å². The van der Waals surface area contributed by atoms with Gasteiger partial charge in [-0.15, -0.1) is 0 Å². The third-order valence-corrected chi connectivity index (χ3v) is 2.18. The van der Waals surface area contributed by atoms with E-state index in [1.54, 1.807) is 0 Å². The number of halogens is 4. The first kappa shape index (κ1) is 13.8. The van der Waals surface area contributed by atoms with Crippen LogP contribution >= 0.6 is 11.6 Å². The maximum Gasteiger partial charge on any atom is 0.416 e. The summed E-state index contributed by atoms with van der Waals surface area (Å²) < 4.78 is 46.8. The maximum absolute atomic E-state index is 12.5. The molecule has 0 aromatic heterocycles. The van der Waals surface area contributed by atoms with E-state index in [9.17, 15) is 18.0 Å². The number of aldehydes is 1. The molecule has 94 valence electrons. The van der Waals surface area contributed by atoms with Crippen molar-refractivity contribution in [3.63, 3.8) is 0 Å². The number of carbonyl (C=O) groups excluding carboxylic acids is 1. The summed E-state index contributed by atoms with van der Waals surface area (Å²) in [6.45, 7) is -0.279. The second-order valence-electron chi connectivity index (χ2n) is 3.04. The van der Waals surface area contributed by atoms with E-state index in [0.717, 1.165) is 0 Å². The molecule has 0 amide bonds. The molecule has 0 atom stereocenters. The van der Waals surface area contributed by atoms with Gasteiger partial charge < -0.3 is 9.47 Å². The van der Waals surface area contributed by atoms with Crippen LogP contribution in [-0.2, 0) is 10.9 Å². The van der Waals surface area contributed by atoms with Crippen molar-refractivity contribution in [2.75, 3.05) is 13.9 Å². The van der Waals surface area contributed by atoms with E-state index in [4.69, 9.17) is 16.3 Å². The van der Waals surface area contributed by atoms with Gasteiger partial charge in [0, 0.05) is 7.11 Å². The SMILES string of the molecule is COCOc1cc(C(F)(F)F)cc(Cl)c1C=O. The molecule has 0 aliphatic heterocycles. The van der Waals surface area contributed by atoms with Crippen LogP contribution in [0, 0.1) is 0 Å². The molecule has 0 aliphatic rings. The van der Waals surface area contributed by atoms with E-state index in [1.165, 1.54) is 7.11 Å². The highest BCUT2D eigenvalue weighted by Gasteiger charge is 2.32. The third-order valence-electron chi connectivity index (χ3n) is 1.87. The van der Waals surface area contributed by atoms with Crippen molar-refractivity contribution in [2.24, 2.45) is 0 Å². The van der Waals surface area contributed by atoms with Crippen molar-refractivity contribution < 1.29 is 27.4 Å². The van der Waals surface area contributed by atoms with Crippen molar-refractivity contribution in [2.45, 2.75) is 6.18 Å². The molecule has 0 unspecified atom stereocenters. The Morgan fingerprint density at radius 2 is 2.06 bits per heavy atom. The highest BCUT2D eigenvalue weighted by atomic mass is 35.5. The summed E-state index contributed by atoms with van der Waals surface area (Å²) in [7, 11) is 1.30. The van der Waals surface area contributed by atoms with Crippen molar-refractivity contribution in [1.29, 1.82) is 0 Å². The van der Waals surface area contributed by atoms with Crippen LogP contribution in [0.2, 0.25) is 5.02 Å². The van der Waals surface area contributed by atoms with Crippen molar-refractivity contribution in [1.82, 2.24) is 0 Å². The van der Waals surface area contributed by atoms with Crippen LogP contribution in [0.5, 0.6) is 5.75 Å². The second-order valence-corrected chi connectivity index (χ2v) is 3.44. The molecule has 0 N–H and O–H groups in total. The molecule has 0 saturated carbocycles. The summed E-state index contributed by atoms with van der Waals surface area (Å²) in [5.41, 5.74) is -1.13. The molecule has 0 spiro atoms. The molecule has 3 nitrogen and oxygen atoms in total. The summed E-state index contributed by atoms with van der Waals surface area (Å²) in [4.78, 5) is 10.7. The molecule has 7 heteroatoms. The average Bonchev–Trinajstić information content (AvgIpc) is 2.24. The monoisotopic (exact) mass is 268 g/mol. The minimum atomic E-state index is -4.56. The standard InChI is InChI=1S/C10H8ClF3O3/c1-16-5-17-9-3-6(10(12,13)14)2-8(11)7(9)4-15/h2-4H,5H2,1H3. The molecule has 17 heavy (non-hydrogen) atoms. The van der Waals surface area contributed by atoms with Crippen molar-refractivity contribution >= 4 is 17.9 Å². The van der Waals surface area contributed by atoms with Gasteiger partial charge in [-0.1, -0.05) is 11.6 Å². The topological polar surface area (TPSA) is 35.5 Å². The summed E-state index contributed by atoms with van der Waals surface area (Å²) in [5, 5.41) is -0.319. The highest BCUT2D eigenvalue weighted by molar-refractivity contribution is 6.33. The molecule has 0 bridgehead atoms. The van der Waals surface area contributed by atoms with Gasteiger partial charge in [-0.05, 0) is 12.1 Å². The van der Waals surface area contributed by atoms with E-state index in [2.05, 4.69) is 4.74 Å². The van der Waals surface area contributed by atoms with E-state index >= 15 is 0 Å². The van der Waals surface area contributed by atoms with Gasteiger partial charge in [-0.25, -0.2) is 0 Å². The number of carbonyl (C=O) groups is 1. The largest absolute Gasteiger partial charge is 0.467 e. The molecule has 0 saturated heterocycles. The van der Waals surface area contributed by atoms with Gasteiger partial charge in [-0.2, -0.15) is 13.2 Å². The zero-order chi connectivity index (χ0) is 13.1. The molecule has 1 rings (SSSR count). The Labute approximate surface area is 100 Å². The lowest BCUT2D eigenvalue weighted by Crippen LogP contribution is -2.08. The molecular formula is C10H8ClF3O3. The predicted molar refractivity (Wildman–Crippen MR) is 54.3 cm³/mol. The molecular weight excluding hydrogens is 261 g/mol. The van der Waals surface area contributed by atoms with E-state index in [-0.39, 0.29) is 23.1 Å². The Morgan fingerprint density at radius 3 is 2.53 bits per heavy atom. The summed E-state index contributed by atoms with van der Waals surface area (Å²) in [6.07, 6.45) is -4.23. The van der Waals surface area contributed by atoms with Crippen LogP contribution in [-0.4, -0.2) is 20.2 Å². The number of ether oxygens (including phenoxy) is 2. The number of methoxy groups -OCH3 is 1. The fourth-order valence-electron chi connectivity index (χ4n) is 1.11. The molecule has 0 heterocycles. The zero-order valence-corrected chi connectivity index (χ0v) is 9.43. The summed E-state index contributed by atoms with van der Waals surface area (Å²) >= 11 is 5.57. The fraction of sp³-hybridized carbons (Fsp3) is 0.300. The van der Waals surface area contributed by atoms with Crippen molar-refractivity contribution in [3.05, 3.63) is 28.3 Å². The normalized spacial score (nSPS) is 11.4. The van der Waals surface area contributed by atoms with E-state index < -0.39 is 11.7 Å². The number of hydrogen-bond donors (Lipinski definition) is 0. The van der Waals surface area contributed by atoms with Crippen LogP contribution in [0.25, 0.3) is 0 Å². The fourth-order valence-corrected chi connectivity index (χ4v) is 1.37. The van der Waals surface area contributed by atoms with Gasteiger partial charge in [0.05, 0.1) is 16.1 Å². The van der Waals surface area contributed by atoms with Crippen molar-refractivity contribution in [3.8, 4) is 5.75 Å². The number of hydrogen-bond acceptors (Lipinski definition) is 3. The highest BCUT2D eigenvalue weighted by Crippen LogP contribution is 2.36. The van der Waals surface area contributed by atoms with Crippen LogP contribution in [0.15, 0.2) is 12.1 Å². The Kier molecular flexibility index (Phi) is 4.36. The smallest absolute Gasteiger partial charge is 0.416 e. The second kappa shape index (κ2) is 5.37. The van der Waals surface area contributed by atoms with Gasteiger partial charge in [0.2, 0.25) is 0 Å². The quantitative estimate of drug-likeness (QED) is 0.622. The Bertz CT molecular complexity index is 418.